The number of fused-ring (bicyclic) bond motifs is 1. The summed E-state index contributed by atoms with van der Waals surface area (Å²) < 4.78 is 11.1. The van der Waals surface area contributed by atoms with Gasteiger partial charge in [0, 0.05) is 0 Å². The minimum absolute atomic E-state index is 0.260. The molecule has 0 radical (unpaired) electrons. The smallest absolute Gasteiger partial charge is 0.265 e. The van der Waals surface area contributed by atoms with Crippen molar-refractivity contribution in [2.24, 2.45) is 0 Å². The quantitative estimate of drug-likeness (QED) is 0.457. The molecule has 2 amide bonds. The lowest BCUT2D eigenvalue weighted by Gasteiger charge is -2.17. The average molecular weight is 414 g/mol. The van der Waals surface area contributed by atoms with Crippen LogP contribution in [0, 0.1) is 0 Å². The minimum atomic E-state index is -0.750. The maximum absolute atomic E-state index is 12.7. The van der Waals surface area contributed by atoms with Gasteiger partial charge in [-0.3, -0.25) is 9.59 Å². The summed E-state index contributed by atoms with van der Waals surface area (Å²) in [6.07, 6.45) is 0.799. The minimum Gasteiger partial charge on any atom is -0.481 e. The number of rotatable bonds is 7. The van der Waals surface area contributed by atoms with Crippen LogP contribution < -0.4 is 15.4 Å². The highest BCUT2D eigenvalue weighted by Gasteiger charge is 2.18. The molecule has 1 aromatic heterocycles. The molecule has 1 atom stereocenters. The van der Waals surface area contributed by atoms with Crippen molar-refractivity contribution in [2.45, 2.75) is 19.6 Å². The summed E-state index contributed by atoms with van der Waals surface area (Å²) in [7, 11) is 0. The Morgan fingerprint density at radius 3 is 2.52 bits per heavy atom. The molecular formula is C25H22N2O4. The van der Waals surface area contributed by atoms with Gasteiger partial charge < -0.3 is 19.8 Å². The Labute approximate surface area is 179 Å². The van der Waals surface area contributed by atoms with Gasteiger partial charge in [0.2, 0.25) is 0 Å². The molecule has 156 valence electrons. The van der Waals surface area contributed by atoms with Gasteiger partial charge in [0.1, 0.15) is 11.5 Å². The van der Waals surface area contributed by atoms with Crippen LogP contribution in [0.3, 0.4) is 0 Å². The molecule has 1 heterocycles. The number of para-hydroxylation sites is 1. The van der Waals surface area contributed by atoms with Crippen LogP contribution in [0.4, 0.5) is 5.69 Å². The first kappa shape index (κ1) is 20.2. The highest BCUT2D eigenvalue weighted by Crippen LogP contribution is 2.22. The average Bonchev–Trinajstić information content (AvgIpc) is 3.31. The molecule has 0 bridgehead atoms. The number of hydrogen-bond donors (Lipinski definition) is 2. The van der Waals surface area contributed by atoms with Gasteiger partial charge in [-0.2, -0.15) is 0 Å². The zero-order valence-electron chi connectivity index (χ0n) is 17.0. The number of nitrogens with one attached hydrogen (secondary N) is 2. The summed E-state index contributed by atoms with van der Waals surface area (Å²) in [5, 5.41) is 7.71. The summed E-state index contributed by atoms with van der Waals surface area (Å²) in [5.41, 5.74) is 0.777. The second kappa shape index (κ2) is 9.17. The van der Waals surface area contributed by atoms with Gasteiger partial charge >= 0.3 is 0 Å². The number of carbonyl (C=O) groups excluding carboxylic acids is 2. The Kier molecular flexibility index (Phi) is 5.98. The van der Waals surface area contributed by atoms with Crippen LogP contribution >= 0.6 is 0 Å². The number of carbonyl (C=O) groups is 2. The van der Waals surface area contributed by atoms with Crippen molar-refractivity contribution in [3.8, 4) is 5.75 Å². The van der Waals surface area contributed by atoms with E-state index in [9.17, 15) is 9.59 Å². The van der Waals surface area contributed by atoms with E-state index in [2.05, 4.69) is 10.6 Å². The Hall–Kier alpha value is -4.06. The summed E-state index contributed by atoms with van der Waals surface area (Å²) in [4.78, 5) is 25.3. The molecule has 0 fully saturated rings. The molecule has 6 nitrogen and oxygen atoms in total. The monoisotopic (exact) mass is 414 g/mol. The van der Waals surface area contributed by atoms with Crippen LogP contribution in [0.2, 0.25) is 0 Å². The summed E-state index contributed by atoms with van der Waals surface area (Å²) in [6, 6.07) is 24.0. The van der Waals surface area contributed by atoms with E-state index in [1.165, 1.54) is 0 Å². The maximum Gasteiger partial charge on any atom is 0.265 e. The fraction of sp³-hybridized carbons (Fsp3) is 0.120. The van der Waals surface area contributed by atoms with Crippen LogP contribution in [-0.2, 0) is 11.3 Å². The third-order valence-electron chi connectivity index (χ3n) is 4.84. The van der Waals surface area contributed by atoms with E-state index in [1.54, 1.807) is 49.6 Å². The van der Waals surface area contributed by atoms with Crippen LogP contribution in [0.1, 0.15) is 23.0 Å². The Balaban J connectivity index is 1.42. The zero-order valence-corrected chi connectivity index (χ0v) is 17.0. The van der Waals surface area contributed by atoms with Gasteiger partial charge in [0.05, 0.1) is 24.1 Å². The SMILES string of the molecule is CC(Oc1ccc2ccccc2c1)C(=O)Nc1ccccc1C(=O)NCc1ccco1. The molecule has 31 heavy (non-hydrogen) atoms. The van der Waals surface area contributed by atoms with Crippen LogP contribution in [0.15, 0.2) is 89.5 Å². The predicted octanol–water partition coefficient (Wildman–Crippen LogP) is 4.77. The zero-order chi connectivity index (χ0) is 21.6. The predicted molar refractivity (Wildman–Crippen MR) is 119 cm³/mol. The number of benzene rings is 3. The van der Waals surface area contributed by atoms with Crippen molar-refractivity contribution in [1.29, 1.82) is 0 Å². The van der Waals surface area contributed by atoms with E-state index >= 15 is 0 Å². The van der Waals surface area contributed by atoms with Crippen molar-refractivity contribution in [2.75, 3.05) is 5.32 Å². The van der Waals surface area contributed by atoms with Gasteiger partial charge in [-0.1, -0.05) is 42.5 Å². The Morgan fingerprint density at radius 2 is 1.71 bits per heavy atom. The molecule has 2 N–H and O–H groups in total. The molecule has 1 unspecified atom stereocenters. The van der Waals surface area contributed by atoms with Crippen LogP contribution in [0.5, 0.6) is 5.75 Å². The molecule has 0 aliphatic carbocycles. The van der Waals surface area contributed by atoms with Gasteiger partial charge in [0.25, 0.3) is 11.8 Å². The van der Waals surface area contributed by atoms with Crippen molar-refractivity contribution in [3.63, 3.8) is 0 Å². The molecular weight excluding hydrogens is 392 g/mol. The normalized spacial score (nSPS) is 11.6. The summed E-state index contributed by atoms with van der Waals surface area (Å²) in [5.74, 6) is 0.591. The van der Waals surface area contributed by atoms with Crippen LogP contribution in [-0.4, -0.2) is 17.9 Å². The van der Waals surface area contributed by atoms with Gasteiger partial charge in [-0.15, -0.1) is 0 Å². The van der Waals surface area contributed by atoms with E-state index in [0.29, 0.717) is 22.8 Å². The Bertz CT molecular complexity index is 1200. The van der Waals surface area contributed by atoms with Crippen molar-refractivity contribution >= 4 is 28.3 Å². The third kappa shape index (κ3) is 4.93. The molecule has 0 saturated carbocycles. The van der Waals surface area contributed by atoms with Gasteiger partial charge in [0.15, 0.2) is 6.10 Å². The summed E-state index contributed by atoms with van der Waals surface area (Å²) in [6.45, 7) is 1.93. The number of ether oxygens (including phenoxy) is 1. The first-order valence-electron chi connectivity index (χ1n) is 9.96. The highest BCUT2D eigenvalue weighted by molar-refractivity contribution is 6.04. The lowest BCUT2D eigenvalue weighted by molar-refractivity contribution is -0.122. The van der Waals surface area contributed by atoms with Crippen LogP contribution in [0.25, 0.3) is 10.8 Å². The molecule has 0 aliphatic heterocycles. The third-order valence-corrected chi connectivity index (χ3v) is 4.84. The van der Waals surface area contributed by atoms with E-state index in [-0.39, 0.29) is 18.4 Å². The molecule has 0 spiro atoms. The van der Waals surface area contributed by atoms with Crippen molar-refractivity contribution in [3.05, 3.63) is 96.4 Å². The maximum atomic E-state index is 12.7. The standard InChI is InChI=1S/C25H22N2O4/c1-17(31-20-13-12-18-7-2-3-8-19(18)15-20)24(28)27-23-11-5-4-10-22(23)25(29)26-16-21-9-6-14-30-21/h2-15,17H,16H2,1H3,(H,26,29)(H,27,28). The van der Waals surface area contributed by atoms with E-state index < -0.39 is 6.10 Å². The fourth-order valence-electron chi connectivity index (χ4n) is 3.20. The van der Waals surface area contributed by atoms with Crippen molar-refractivity contribution < 1.29 is 18.7 Å². The number of amides is 2. The van der Waals surface area contributed by atoms with E-state index in [1.807, 2.05) is 42.5 Å². The second-order valence-corrected chi connectivity index (χ2v) is 7.07. The fourth-order valence-corrected chi connectivity index (χ4v) is 3.20. The number of hydrogen-bond acceptors (Lipinski definition) is 4. The van der Waals surface area contributed by atoms with Gasteiger partial charge in [-0.05, 0) is 54.1 Å². The first-order chi connectivity index (χ1) is 15.1. The number of furan rings is 1. The molecule has 6 heteroatoms. The lowest BCUT2D eigenvalue weighted by atomic mass is 10.1. The highest BCUT2D eigenvalue weighted by atomic mass is 16.5. The lowest BCUT2D eigenvalue weighted by Crippen LogP contribution is -2.31. The second-order valence-electron chi connectivity index (χ2n) is 7.07. The Morgan fingerprint density at radius 1 is 0.935 bits per heavy atom. The van der Waals surface area contributed by atoms with Crippen molar-refractivity contribution in [1.82, 2.24) is 5.32 Å². The molecule has 3 aromatic carbocycles. The van der Waals surface area contributed by atoms with E-state index in [4.69, 9.17) is 9.15 Å². The van der Waals surface area contributed by atoms with Gasteiger partial charge in [-0.25, -0.2) is 0 Å². The molecule has 4 rings (SSSR count). The topological polar surface area (TPSA) is 80.6 Å². The first-order valence-corrected chi connectivity index (χ1v) is 9.96. The van der Waals surface area contributed by atoms with E-state index in [0.717, 1.165) is 10.8 Å². The number of anilines is 1. The molecule has 0 saturated heterocycles. The summed E-state index contributed by atoms with van der Waals surface area (Å²) >= 11 is 0. The molecule has 4 aromatic rings. The molecule has 0 aliphatic rings. The largest absolute Gasteiger partial charge is 0.481 e.